The van der Waals surface area contributed by atoms with Gasteiger partial charge in [0.15, 0.2) is 0 Å². The van der Waals surface area contributed by atoms with E-state index in [1.165, 1.54) is 0 Å². The number of carbonyl (C=O) groups excluding carboxylic acids is 2. The molecule has 3 rings (SSSR count). The van der Waals surface area contributed by atoms with Crippen molar-refractivity contribution in [2.24, 2.45) is 17.6 Å². The number of rotatable bonds is 4. The molecule has 3 N–H and O–H groups in total. The van der Waals surface area contributed by atoms with E-state index < -0.39 is 12.0 Å². The van der Waals surface area contributed by atoms with Crippen molar-refractivity contribution in [2.45, 2.75) is 57.0 Å². The van der Waals surface area contributed by atoms with Gasteiger partial charge >= 0.3 is 5.97 Å². The average Bonchev–Trinajstić information content (AvgIpc) is 2.94. The Hall–Kier alpha value is -1.63. The lowest BCUT2D eigenvalue weighted by Crippen LogP contribution is -2.51. The number of likely N-dealkylation sites (tertiary alicyclic amines) is 2. The fraction of sp³-hybridized carbons (Fsp3) is 0.824. The molecule has 0 radical (unpaired) electrons. The summed E-state index contributed by atoms with van der Waals surface area (Å²) in [6.45, 7) is 1.14. The molecule has 2 amide bonds. The van der Waals surface area contributed by atoms with Gasteiger partial charge in [0.05, 0.1) is 12.5 Å². The van der Waals surface area contributed by atoms with Crippen molar-refractivity contribution in [2.75, 3.05) is 19.6 Å². The highest BCUT2D eigenvalue weighted by Crippen LogP contribution is 2.39. The number of carbonyl (C=O) groups is 3. The molecular weight excluding hydrogens is 310 g/mol. The molecule has 0 bridgehead atoms. The van der Waals surface area contributed by atoms with Crippen LogP contribution >= 0.6 is 0 Å². The number of fused-ring (bicyclic) bond motifs is 1. The van der Waals surface area contributed by atoms with Crippen LogP contribution in [0, 0.1) is 11.8 Å². The summed E-state index contributed by atoms with van der Waals surface area (Å²) in [5.74, 6) is -1.14. The molecule has 4 unspecified atom stereocenters. The highest BCUT2D eigenvalue weighted by atomic mass is 16.4. The molecule has 4 atom stereocenters. The van der Waals surface area contributed by atoms with Gasteiger partial charge in [0, 0.05) is 19.1 Å². The third kappa shape index (κ3) is 3.41. The van der Waals surface area contributed by atoms with Crippen molar-refractivity contribution in [1.82, 2.24) is 9.80 Å². The second-order valence-corrected chi connectivity index (χ2v) is 7.46. The molecule has 0 aromatic carbocycles. The lowest BCUT2D eigenvalue weighted by atomic mass is 9.85. The molecular formula is C17H27N3O4. The maximum Gasteiger partial charge on any atom is 0.320 e. The number of amides is 2. The van der Waals surface area contributed by atoms with Gasteiger partial charge in [-0.05, 0) is 38.0 Å². The Morgan fingerprint density at radius 2 is 1.83 bits per heavy atom. The monoisotopic (exact) mass is 337 g/mol. The first kappa shape index (κ1) is 17.2. The Bertz CT molecular complexity index is 524. The predicted molar refractivity (Wildman–Crippen MR) is 87.0 cm³/mol. The van der Waals surface area contributed by atoms with E-state index in [9.17, 15) is 19.5 Å². The number of hydrogen-bond donors (Lipinski definition) is 2. The molecule has 2 aliphatic heterocycles. The largest absolute Gasteiger partial charge is 0.480 e. The van der Waals surface area contributed by atoms with Crippen molar-refractivity contribution in [1.29, 1.82) is 0 Å². The summed E-state index contributed by atoms with van der Waals surface area (Å²) in [6.07, 6.45) is 6.45. The minimum atomic E-state index is -0.828. The molecule has 7 heteroatoms. The van der Waals surface area contributed by atoms with Crippen LogP contribution in [-0.4, -0.2) is 64.4 Å². The summed E-state index contributed by atoms with van der Waals surface area (Å²) in [5, 5.41) is 9.54. The fourth-order valence-electron chi connectivity index (χ4n) is 4.72. The van der Waals surface area contributed by atoms with Gasteiger partial charge in [-0.3, -0.25) is 19.3 Å². The van der Waals surface area contributed by atoms with Crippen LogP contribution in [0.25, 0.3) is 0 Å². The SMILES string of the molecule is NC(=O)C1CCCN(C(=O)CN2C(C(=O)O)CC3CCCCC32)C1. The first-order valence-corrected chi connectivity index (χ1v) is 9.03. The molecule has 2 heterocycles. The third-order valence-corrected chi connectivity index (χ3v) is 6.00. The number of piperidine rings is 1. The predicted octanol–water partition coefficient (Wildman–Crippen LogP) is 0.428. The van der Waals surface area contributed by atoms with Gasteiger partial charge in [-0.2, -0.15) is 0 Å². The van der Waals surface area contributed by atoms with Crippen molar-refractivity contribution < 1.29 is 19.5 Å². The number of primary amides is 1. The number of aliphatic carboxylic acids is 1. The van der Waals surface area contributed by atoms with Crippen LogP contribution in [0.2, 0.25) is 0 Å². The van der Waals surface area contributed by atoms with Crippen LogP contribution < -0.4 is 5.73 Å². The topological polar surface area (TPSA) is 104 Å². The lowest BCUT2D eigenvalue weighted by Gasteiger charge is -2.36. The zero-order chi connectivity index (χ0) is 17.3. The van der Waals surface area contributed by atoms with Gasteiger partial charge in [-0.15, -0.1) is 0 Å². The minimum Gasteiger partial charge on any atom is -0.480 e. The second-order valence-electron chi connectivity index (χ2n) is 7.46. The summed E-state index contributed by atoms with van der Waals surface area (Å²) in [4.78, 5) is 39.3. The van der Waals surface area contributed by atoms with Crippen molar-refractivity contribution in [3.05, 3.63) is 0 Å². The Balaban J connectivity index is 1.67. The van der Waals surface area contributed by atoms with Crippen LogP contribution in [0.5, 0.6) is 0 Å². The zero-order valence-electron chi connectivity index (χ0n) is 14.0. The number of nitrogens with zero attached hydrogens (tertiary/aromatic N) is 2. The Morgan fingerprint density at radius 1 is 1.08 bits per heavy atom. The Labute approximate surface area is 142 Å². The van der Waals surface area contributed by atoms with E-state index in [4.69, 9.17) is 5.73 Å². The molecule has 3 fully saturated rings. The third-order valence-electron chi connectivity index (χ3n) is 6.00. The molecule has 2 saturated heterocycles. The number of hydrogen-bond acceptors (Lipinski definition) is 4. The van der Waals surface area contributed by atoms with Gasteiger partial charge in [-0.1, -0.05) is 12.8 Å². The van der Waals surface area contributed by atoms with Gasteiger partial charge in [0.1, 0.15) is 6.04 Å². The first-order valence-electron chi connectivity index (χ1n) is 9.03. The molecule has 134 valence electrons. The lowest BCUT2D eigenvalue weighted by molar-refractivity contribution is -0.144. The quantitative estimate of drug-likeness (QED) is 0.774. The summed E-state index contributed by atoms with van der Waals surface area (Å²) in [7, 11) is 0. The fourth-order valence-corrected chi connectivity index (χ4v) is 4.72. The molecule has 0 spiro atoms. The van der Waals surface area contributed by atoms with Crippen LogP contribution in [0.3, 0.4) is 0 Å². The van der Waals surface area contributed by atoms with Crippen LogP contribution in [-0.2, 0) is 14.4 Å². The van der Waals surface area contributed by atoms with Gasteiger partial charge in [0.2, 0.25) is 11.8 Å². The molecule has 1 saturated carbocycles. The summed E-state index contributed by atoms with van der Waals surface area (Å²) in [6, 6.07) is -0.348. The normalized spacial score (nSPS) is 33.9. The molecule has 0 aromatic heterocycles. The summed E-state index contributed by atoms with van der Waals surface area (Å²) >= 11 is 0. The van der Waals surface area contributed by atoms with E-state index in [2.05, 4.69) is 0 Å². The molecule has 7 nitrogen and oxygen atoms in total. The van der Waals surface area contributed by atoms with E-state index >= 15 is 0 Å². The highest BCUT2D eigenvalue weighted by molar-refractivity contribution is 5.82. The highest BCUT2D eigenvalue weighted by Gasteiger charge is 2.46. The molecule has 24 heavy (non-hydrogen) atoms. The zero-order valence-corrected chi connectivity index (χ0v) is 14.0. The maximum absolute atomic E-state index is 12.7. The van der Waals surface area contributed by atoms with E-state index in [1.807, 2.05) is 4.90 Å². The Kier molecular flexibility index (Phi) is 5.08. The van der Waals surface area contributed by atoms with E-state index in [0.29, 0.717) is 25.4 Å². The van der Waals surface area contributed by atoms with Crippen molar-refractivity contribution in [3.8, 4) is 0 Å². The van der Waals surface area contributed by atoms with E-state index in [-0.39, 0.29) is 30.3 Å². The minimum absolute atomic E-state index is 0.0709. The summed E-state index contributed by atoms with van der Waals surface area (Å²) < 4.78 is 0. The van der Waals surface area contributed by atoms with Crippen molar-refractivity contribution >= 4 is 17.8 Å². The number of nitrogens with two attached hydrogens (primary N) is 1. The Morgan fingerprint density at radius 3 is 2.54 bits per heavy atom. The average molecular weight is 337 g/mol. The van der Waals surface area contributed by atoms with E-state index in [0.717, 1.165) is 38.5 Å². The van der Waals surface area contributed by atoms with Gasteiger partial charge in [-0.25, -0.2) is 0 Å². The van der Waals surface area contributed by atoms with E-state index in [1.54, 1.807) is 4.90 Å². The number of carboxylic acid groups (broad SMARTS) is 1. The smallest absolute Gasteiger partial charge is 0.320 e. The van der Waals surface area contributed by atoms with Crippen molar-refractivity contribution in [3.63, 3.8) is 0 Å². The molecule has 1 aliphatic carbocycles. The van der Waals surface area contributed by atoms with Crippen LogP contribution in [0.1, 0.15) is 44.9 Å². The van der Waals surface area contributed by atoms with Gasteiger partial charge < -0.3 is 15.7 Å². The van der Waals surface area contributed by atoms with Gasteiger partial charge in [0.25, 0.3) is 0 Å². The number of carboxylic acids is 1. The summed E-state index contributed by atoms with van der Waals surface area (Å²) in [5.41, 5.74) is 5.38. The van der Waals surface area contributed by atoms with Crippen LogP contribution in [0.15, 0.2) is 0 Å². The molecule has 0 aromatic rings. The first-order chi connectivity index (χ1) is 11.5. The molecule has 3 aliphatic rings. The second kappa shape index (κ2) is 7.09. The maximum atomic E-state index is 12.7. The van der Waals surface area contributed by atoms with Crippen LogP contribution in [0.4, 0.5) is 0 Å². The standard InChI is InChI=1S/C17H27N3O4/c18-16(22)12-5-3-7-19(9-12)15(21)10-20-13-6-2-1-4-11(13)8-14(20)17(23)24/h11-14H,1-10H2,(H2,18,22)(H,23,24).